The van der Waals surface area contributed by atoms with Crippen LogP contribution in [-0.2, 0) is 9.53 Å². The lowest BCUT2D eigenvalue weighted by atomic mass is 10.1. The summed E-state index contributed by atoms with van der Waals surface area (Å²) in [5.41, 5.74) is 2.56. The first-order valence-corrected chi connectivity index (χ1v) is 10.9. The third kappa shape index (κ3) is 4.56. The maximum absolute atomic E-state index is 13.0. The topological polar surface area (TPSA) is 92.8 Å². The van der Waals surface area contributed by atoms with Gasteiger partial charge in [-0.3, -0.25) is 19.3 Å². The minimum atomic E-state index is -0.782. The van der Waals surface area contributed by atoms with Crippen LogP contribution in [-0.4, -0.2) is 35.2 Å². The number of imide groups is 1. The van der Waals surface area contributed by atoms with Crippen LogP contribution < -0.4 is 5.32 Å². The van der Waals surface area contributed by atoms with E-state index in [-0.39, 0.29) is 16.7 Å². The van der Waals surface area contributed by atoms with Crippen LogP contribution in [0, 0.1) is 6.92 Å². The van der Waals surface area contributed by atoms with Crippen LogP contribution in [0.4, 0.5) is 5.69 Å². The fourth-order valence-electron chi connectivity index (χ4n) is 3.75. The van der Waals surface area contributed by atoms with E-state index in [4.69, 9.17) is 16.3 Å². The van der Waals surface area contributed by atoms with Gasteiger partial charge >= 0.3 is 5.97 Å². The van der Waals surface area contributed by atoms with Crippen molar-refractivity contribution in [3.63, 3.8) is 0 Å². The zero-order valence-electron chi connectivity index (χ0n) is 18.5. The van der Waals surface area contributed by atoms with Crippen molar-refractivity contribution in [1.29, 1.82) is 0 Å². The quantitative estimate of drug-likeness (QED) is 0.407. The minimum absolute atomic E-state index is 0.0702. The number of carbonyl (C=O) groups is 4. The Balaban J connectivity index is 1.44. The number of nitrogens with zero attached hydrogens (tertiary/aromatic N) is 1. The van der Waals surface area contributed by atoms with Crippen LogP contribution in [0.1, 0.15) is 55.2 Å². The molecule has 3 aromatic carbocycles. The average molecular weight is 477 g/mol. The van der Waals surface area contributed by atoms with Crippen molar-refractivity contribution in [1.82, 2.24) is 4.90 Å². The van der Waals surface area contributed by atoms with Gasteiger partial charge in [0.1, 0.15) is 0 Å². The van der Waals surface area contributed by atoms with Gasteiger partial charge in [-0.25, -0.2) is 4.79 Å². The van der Waals surface area contributed by atoms with E-state index in [9.17, 15) is 19.2 Å². The average Bonchev–Trinajstić information content (AvgIpc) is 3.09. The molecule has 0 spiro atoms. The van der Waals surface area contributed by atoms with Crippen molar-refractivity contribution in [2.45, 2.75) is 19.9 Å². The monoisotopic (exact) mass is 476 g/mol. The number of rotatable bonds is 6. The summed E-state index contributed by atoms with van der Waals surface area (Å²) in [5, 5.41) is 3.10. The third-order valence-corrected chi connectivity index (χ3v) is 5.87. The molecule has 3 amide bonds. The number of aryl methyl sites for hydroxylation is 1. The summed E-state index contributed by atoms with van der Waals surface area (Å²) >= 11 is 5.95. The zero-order chi connectivity index (χ0) is 24.4. The van der Waals surface area contributed by atoms with Crippen LogP contribution in [0.3, 0.4) is 0 Å². The minimum Gasteiger partial charge on any atom is -0.452 e. The van der Waals surface area contributed by atoms with Crippen molar-refractivity contribution in [3.05, 3.63) is 99.6 Å². The van der Waals surface area contributed by atoms with Crippen LogP contribution in [0.25, 0.3) is 0 Å². The lowest BCUT2D eigenvalue weighted by Gasteiger charge is -2.22. The number of esters is 1. The fraction of sp³-hybridized carbons (Fsp3) is 0.154. The molecule has 0 bridgehead atoms. The molecule has 0 aliphatic carbocycles. The fourth-order valence-corrected chi connectivity index (χ4v) is 3.92. The van der Waals surface area contributed by atoms with Gasteiger partial charge in [-0.05, 0) is 55.3 Å². The molecule has 1 atom stereocenters. The summed E-state index contributed by atoms with van der Waals surface area (Å²) in [6.45, 7) is 3.06. The van der Waals surface area contributed by atoms with E-state index < -0.39 is 36.3 Å². The summed E-state index contributed by atoms with van der Waals surface area (Å²) in [6, 6.07) is 18.0. The number of halogens is 1. The molecule has 172 valence electrons. The molecule has 1 N–H and O–H groups in total. The molecule has 7 nitrogen and oxygen atoms in total. The van der Waals surface area contributed by atoms with Crippen molar-refractivity contribution < 1.29 is 23.9 Å². The maximum atomic E-state index is 13.0. The number of benzene rings is 3. The summed E-state index contributed by atoms with van der Waals surface area (Å²) in [4.78, 5) is 51.8. The number of fused-ring (bicyclic) bond motifs is 1. The van der Waals surface area contributed by atoms with Crippen molar-refractivity contribution in [2.24, 2.45) is 0 Å². The molecule has 0 fully saturated rings. The van der Waals surface area contributed by atoms with Crippen LogP contribution in [0.15, 0.2) is 66.7 Å². The smallest absolute Gasteiger partial charge is 0.338 e. The van der Waals surface area contributed by atoms with Crippen LogP contribution in [0.5, 0.6) is 0 Å². The Morgan fingerprint density at radius 1 is 0.971 bits per heavy atom. The van der Waals surface area contributed by atoms with Gasteiger partial charge in [-0.1, -0.05) is 48.0 Å². The molecule has 3 aromatic rings. The molecule has 0 aromatic heterocycles. The standard InChI is InChI=1S/C26H21ClN2O5/c1-15-8-10-19(27)13-22(15)28-23(30)14-34-26(33)18-9-11-20-21(12-18)25(32)29(24(20)31)16(2)17-6-4-3-5-7-17/h3-13,16H,14H2,1-2H3,(H,28,30)/t16-/m0/s1. The van der Waals surface area contributed by atoms with Gasteiger partial charge in [0.15, 0.2) is 6.61 Å². The van der Waals surface area contributed by atoms with E-state index in [2.05, 4.69) is 5.32 Å². The van der Waals surface area contributed by atoms with Crippen molar-refractivity contribution in [3.8, 4) is 0 Å². The number of carbonyl (C=O) groups excluding carboxylic acids is 4. The Labute approximate surface area is 201 Å². The predicted molar refractivity (Wildman–Crippen MR) is 127 cm³/mol. The molecule has 1 heterocycles. The molecule has 0 radical (unpaired) electrons. The van der Waals surface area contributed by atoms with E-state index in [0.717, 1.165) is 11.1 Å². The first-order valence-electron chi connectivity index (χ1n) is 10.6. The van der Waals surface area contributed by atoms with Gasteiger partial charge in [0.05, 0.1) is 22.7 Å². The molecule has 34 heavy (non-hydrogen) atoms. The highest BCUT2D eigenvalue weighted by Crippen LogP contribution is 2.31. The molecule has 0 saturated carbocycles. The summed E-state index contributed by atoms with van der Waals surface area (Å²) in [5.74, 6) is -2.22. The highest BCUT2D eigenvalue weighted by molar-refractivity contribution is 6.31. The first-order chi connectivity index (χ1) is 16.3. The largest absolute Gasteiger partial charge is 0.452 e. The number of amides is 3. The van der Waals surface area contributed by atoms with Gasteiger partial charge in [-0.2, -0.15) is 0 Å². The van der Waals surface area contributed by atoms with E-state index >= 15 is 0 Å². The van der Waals surface area contributed by atoms with Gasteiger partial charge in [0.25, 0.3) is 17.7 Å². The number of hydrogen-bond donors (Lipinski definition) is 1. The van der Waals surface area contributed by atoms with Gasteiger partial charge in [0.2, 0.25) is 0 Å². The molecule has 4 rings (SSSR count). The zero-order valence-corrected chi connectivity index (χ0v) is 19.3. The van der Waals surface area contributed by atoms with Crippen molar-refractivity contribution >= 4 is 41.0 Å². The third-order valence-electron chi connectivity index (χ3n) is 5.63. The Morgan fingerprint density at radius 2 is 1.68 bits per heavy atom. The number of anilines is 1. The predicted octanol–water partition coefficient (Wildman–Crippen LogP) is 4.80. The molecular formula is C26H21ClN2O5. The van der Waals surface area contributed by atoms with Crippen LogP contribution >= 0.6 is 11.6 Å². The second kappa shape index (κ2) is 9.49. The van der Waals surface area contributed by atoms with E-state index in [1.54, 1.807) is 25.1 Å². The lowest BCUT2D eigenvalue weighted by molar-refractivity contribution is -0.119. The summed E-state index contributed by atoms with van der Waals surface area (Å²) in [7, 11) is 0. The molecular weight excluding hydrogens is 456 g/mol. The second-order valence-electron chi connectivity index (χ2n) is 7.91. The highest BCUT2D eigenvalue weighted by atomic mass is 35.5. The Bertz CT molecular complexity index is 1310. The molecule has 0 saturated heterocycles. The van der Waals surface area contributed by atoms with Gasteiger partial charge < -0.3 is 10.1 Å². The number of ether oxygens (including phenoxy) is 1. The SMILES string of the molecule is Cc1ccc(Cl)cc1NC(=O)COC(=O)c1ccc2c(c1)C(=O)N([C@@H](C)c1ccccc1)C2=O. The Hall–Kier alpha value is -3.97. The molecule has 1 aliphatic heterocycles. The van der Waals surface area contributed by atoms with Gasteiger partial charge in [0, 0.05) is 10.7 Å². The first kappa shape index (κ1) is 23.2. The van der Waals surface area contributed by atoms with Gasteiger partial charge in [-0.15, -0.1) is 0 Å². The molecule has 8 heteroatoms. The number of hydrogen-bond acceptors (Lipinski definition) is 5. The van der Waals surface area contributed by atoms with E-state index in [0.29, 0.717) is 10.7 Å². The maximum Gasteiger partial charge on any atom is 0.338 e. The van der Waals surface area contributed by atoms with Crippen LogP contribution in [0.2, 0.25) is 5.02 Å². The Kier molecular flexibility index (Phi) is 6.47. The number of nitrogens with one attached hydrogen (secondary N) is 1. The normalized spacial score (nSPS) is 13.4. The van der Waals surface area contributed by atoms with E-state index in [1.165, 1.54) is 23.1 Å². The van der Waals surface area contributed by atoms with Crippen molar-refractivity contribution in [2.75, 3.05) is 11.9 Å². The molecule has 0 unspecified atom stereocenters. The summed E-state index contributed by atoms with van der Waals surface area (Å²) in [6.07, 6.45) is 0. The lowest BCUT2D eigenvalue weighted by Crippen LogP contribution is -2.32. The Morgan fingerprint density at radius 3 is 2.41 bits per heavy atom. The highest BCUT2D eigenvalue weighted by Gasteiger charge is 2.39. The van der Waals surface area contributed by atoms with E-state index in [1.807, 2.05) is 37.3 Å². The summed E-state index contributed by atoms with van der Waals surface area (Å²) < 4.78 is 5.10. The second-order valence-corrected chi connectivity index (χ2v) is 8.35. The molecule has 1 aliphatic rings.